The Kier molecular flexibility index (Phi) is 7.40. The normalized spacial score (nSPS) is 14.3. The highest BCUT2D eigenvalue weighted by molar-refractivity contribution is 7.88. The Hall–Kier alpha value is -2.56. The molecule has 1 heterocycles. The van der Waals surface area contributed by atoms with E-state index in [1.807, 2.05) is 0 Å². The van der Waals surface area contributed by atoms with Crippen molar-refractivity contribution < 1.29 is 44.8 Å². The number of fused-ring (bicyclic) bond motifs is 1. The fourth-order valence-electron chi connectivity index (χ4n) is 3.35. The lowest BCUT2D eigenvalue weighted by Crippen LogP contribution is -2.29. The minimum Gasteiger partial charge on any atom is -0.469 e. The molecule has 7 nitrogen and oxygen atoms in total. The molecule has 2 rings (SSSR count). The zero-order valence-corrected chi connectivity index (χ0v) is 18.3. The molecule has 0 atom stereocenters. The van der Waals surface area contributed by atoms with Crippen LogP contribution in [0.4, 0.5) is 13.2 Å². The number of methoxy groups -OCH3 is 1. The summed E-state index contributed by atoms with van der Waals surface area (Å²) in [5.41, 5.74) is -3.57. The van der Waals surface area contributed by atoms with Crippen LogP contribution in [-0.4, -0.2) is 33.0 Å². The van der Waals surface area contributed by atoms with Gasteiger partial charge in [0.25, 0.3) is 0 Å². The van der Waals surface area contributed by atoms with E-state index in [1.165, 1.54) is 7.11 Å². The van der Waals surface area contributed by atoms with Crippen molar-refractivity contribution >= 4 is 22.1 Å². The predicted octanol–water partition coefficient (Wildman–Crippen LogP) is 3.90. The van der Waals surface area contributed by atoms with Crippen LogP contribution in [0, 0.1) is 6.92 Å². The van der Waals surface area contributed by atoms with Crippen molar-refractivity contribution in [3.63, 3.8) is 0 Å². The van der Waals surface area contributed by atoms with E-state index < -0.39 is 33.3 Å². The third-order valence-electron chi connectivity index (χ3n) is 5.06. The Bertz CT molecular complexity index is 1020. The quantitative estimate of drug-likeness (QED) is 0.249. The second-order valence-electron chi connectivity index (χ2n) is 7.01. The van der Waals surface area contributed by atoms with Gasteiger partial charge in [-0.05, 0) is 44.2 Å². The fourth-order valence-corrected chi connectivity index (χ4v) is 3.85. The lowest BCUT2D eigenvalue weighted by Gasteiger charge is -2.20. The van der Waals surface area contributed by atoms with Gasteiger partial charge >= 0.3 is 27.6 Å². The van der Waals surface area contributed by atoms with E-state index in [2.05, 4.69) is 8.92 Å². The van der Waals surface area contributed by atoms with E-state index in [9.17, 15) is 31.2 Å². The summed E-state index contributed by atoms with van der Waals surface area (Å²) in [5.74, 6) is -2.02. The molecule has 31 heavy (non-hydrogen) atoms. The number of rotatable bonds is 8. The summed E-state index contributed by atoms with van der Waals surface area (Å²) < 4.78 is 76.5. The van der Waals surface area contributed by atoms with Crippen LogP contribution < -0.4 is 4.18 Å². The van der Waals surface area contributed by atoms with E-state index in [0.29, 0.717) is 29.5 Å². The summed E-state index contributed by atoms with van der Waals surface area (Å²) in [6.07, 6.45) is 2.47. The minimum atomic E-state index is -6.01. The number of carbonyl (C=O) groups excluding carboxylic acids is 2. The van der Waals surface area contributed by atoms with Crippen LogP contribution in [-0.2, 0) is 43.8 Å². The van der Waals surface area contributed by atoms with Gasteiger partial charge in [0.15, 0.2) is 5.75 Å². The summed E-state index contributed by atoms with van der Waals surface area (Å²) in [6.45, 7) is 4.99. The van der Waals surface area contributed by atoms with E-state index in [1.54, 1.807) is 26.8 Å². The van der Waals surface area contributed by atoms with Crippen molar-refractivity contribution in [3.05, 3.63) is 39.5 Å². The van der Waals surface area contributed by atoms with Gasteiger partial charge in [-0.3, -0.25) is 4.79 Å². The molecule has 0 saturated carbocycles. The van der Waals surface area contributed by atoms with Crippen LogP contribution in [0.25, 0.3) is 0 Å². The van der Waals surface area contributed by atoms with Crippen molar-refractivity contribution in [1.82, 2.24) is 0 Å². The number of ether oxygens (including phenoxy) is 2. The first kappa shape index (κ1) is 24.7. The SMILES string of the molecule is CCc1c(C)c2c(c(OS(=O)(=O)C(F)(F)F)c1C/C=C(\C)CCC(=O)OC)C(=O)OC2. The van der Waals surface area contributed by atoms with Gasteiger partial charge in [-0.2, -0.15) is 21.6 Å². The first-order valence-electron chi connectivity index (χ1n) is 9.41. The number of halogens is 3. The standard InChI is InChI=1S/C20H23F3O7S/c1-5-13-12(3)15-10-29-19(25)17(15)18(30-31(26,27)20(21,22)23)14(13)8-6-11(2)7-9-16(24)28-4/h6H,5,7-10H2,1-4H3/b11-6+. The monoisotopic (exact) mass is 464 g/mol. The molecule has 1 aliphatic heterocycles. The van der Waals surface area contributed by atoms with Crippen molar-refractivity contribution in [2.24, 2.45) is 0 Å². The summed E-state index contributed by atoms with van der Waals surface area (Å²) >= 11 is 0. The second-order valence-corrected chi connectivity index (χ2v) is 8.55. The lowest BCUT2D eigenvalue weighted by molar-refractivity contribution is -0.140. The average molecular weight is 464 g/mol. The van der Waals surface area contributed by atoms with Gasteiger partial charge in [-0.1, -0.05) is 18.6 Å². The fraction of sp³-hybridized carbons (Fsp3) is 0.500. The molecule has 0 spiro atoms. The Morgan fingerprint density at radius 2 is 1.87 bits per heavy atom. The molecular formula is C20H23F3O7S. The van der Waals surface area contributed by atoms with Gasteiger partial charge < -0.3 is 13.7 Å². The van der Waals surface area contributed by atoms with E-state index in [0.717, 1.165) is 5.57 Å². The van der Waals surface area contributed by atoms with Crippen LogP contribution in [0.3, 0.4) is 0 Å². The smallest absolute Gasteiger partial charge is 0.469 e. The van der Waals surface area contributed by atoms with Crippen molar-refractivity contribution in [3.8, 4) is 5.75 Å². The Balaban J connectivity index is 2.60. The largest absolute Gasteiger partial charge is 0.534 e. The van der Waals surface area contributed by atoms with Crippen LogP contribution in [0.2, 0.25) is 0 Å². The zero-order chi connectivity index (χ0) is 23.6. The first-order chi connectivity index (χ1) is 14.3. The number of carbonyl (C=O) groups is 2. The molecule has 0 aliphatic carbocycles. The lowest BCUT2D eigenvalue weighted by atomic mass is 9.89. The molecule has 0 fully saturated rings. The molecular weight excluding hydrogens is 441 g/mol. The average Bonchev–Trinajstić information content (AvgIpc) is 3.07. The van der Waals surface area contributed by atoms with Gasteiger partial charge in [0.05, 0.1) is 7.11 Å². The predicted molar refractivity (Wildman–Crippen MR) is 104 cm³/mol. The van der Waals surface area contributed by atoms with Gasteiger partial charge in [0.2, 0.25) is 0 Å². The van der Waals surface area contributed by atoms with Gasteiger partial charge in [0.1, 0.15) is 12.2 Å². The maximum atomic E-state index is 13.0. The number of hydrogen-bond donors (Lipinski definition) is 0. The maximum Gasteiger partial charge on any atom is 0.534 e. The summed E-state index contributed by atoms with van der Waals surface area (Å²) in [5, 5.41) is 0. The van der Waals surface area contributed by atoms with Crippen LogP contribution in [0.15, 0.2) is 11.6 Å². The maximum absolute atomic E-state index is 13.0. The van der Waals surface area contributed by atoms with Crippen molar-refractivity contribution in [1.29, 1.82) is 0 Å². The van der Waals surface area contributed by atoms with Gasteiger partial charge in [-0.25, -0.2) is 4.79 Å². The molecule has 0 unspecified atom stereocenters. The molecule has 1 aromatic carbocycles. The van der Waals surface area contributed by atoms with Crippen LogP contribution >= 0.6 is 0 Å². The number of hydrogen-bond acceptors (Lipinski definition) is 7. The molecule has 0 aromatic heterocycles. The number of allylic oxidation sites excluding steroid dienone is 2. The third-order valence-corrected chi connectivity index (χ3v) is 6.01. The second kappa shape index (κ2) is 9.29. The van der Waals surface area contributed by atoms with Gasteiger partial charge in [-0.15, -0.1) is 0 Å². The van der Waals surface area contributed by atoms with Gasteiger partial charge in [0, 0.05) is 17.5 Å². The summed E-state index contributed by atoms with van der Waals surface area (Å²) in [7, 11) is -4.75. The highest BCUT2D eigenvalue weighted by Crippen LogP contribution is 2.41. The first-order valence-corrected chi connectivity index (χ1v) is 10.8. The van der Waals surface area contributed by atoms with Crippen molar-refractivity contribution in [2.45, 2.75) is 58.6 Å². The van der Waals surface area contributed by atoms with E-state index in [-0.39, 0.29) is 30.6 Å². The topological polar surface area (TPSA) is 96.0 Å². The van der Waals surface area contributed by atoms with Crippen molar-refractivity contribution in [2.75, 3.05) is 7.11 Å². The Morgan fingerprint density at radius 3 is 2.42 bits per heavy atom. The Labute approximate surface area is 178 Å². The number of benzene rings is 1. The van der Waals surface area contributed by atoms with Crippen LogP contribution in [0.5, 0.6) is 5.75 Å². The zero-order valence-electron chi connectivity index (χ0n) is 17.5. The van der Waals surface area contributed by atoms with Crippen LogP contribution in [0.1, 0.15) is 59.3 Å². The molecule has 0 radical (unpaired) electrons. The number of esters is 2. The molecule has 11 heteroatoms. The number of cyclic esters (lactones) is 1. The molecule has 0 saturated heterocycles. The minimum absolute atomic E-state index is 0.000287. The summed E-state index contributed by atoms with van der Waals surface area (Å²) in [4.78, 5) is 23.5. The van der Waals surface area contributed by atoms with E-state index in [4.69, 9.17) is 4.74 Å². The number of alkyl halides is 3. The highest BCUT2D eigenvalue weighted by atomic mass is 32.2. The molecule has 1 aromatic rings. The summed E-state index contributed by atoms with van der Waals surface area (Å²) in [6, 6.07) is 0. The molecule has 0 N–H and O–H groups in total. The molecule has 1 aliphatic rings. The Morgan fingerprint density at radius 1 is 1.23 bits per heavy atom. The molecule has 0 bridgehead atoms. The molecule has 172 valence electrons. The third kappa shape index (κ3) is 5.20. The molecule has 0 amide bonds. The van der Waals surface area contributed by atoms with E-state index >= 15 is 0 Å². The highest BCUT2D eigenvalue weighted by Gasteiger charge is 2.50.